The zero-order valence-electron chi connectivity index (χ0n) is 9.37. The highest BCUT2D eigenvalue weighted by atomic mass is 35.5. The van der Waals surface area contributed by atoms with Gasteiger partial charge in [-0.1, -0.05) is 18.5 Å². The highest BCUT2D eigenvalue weighted by molar-refractivity contribution is 6.31. The van der Waals surface area contributed by atoms with Crippen molar-refractivity contribution in [3.05, 3.63) is 28.8 Å². The van der Waals surface area contributed by atoms with Crippen LogP contribution >= 0.6 is 11.6 Å². The molecule has 0 saturated heterocycles. The van der Waals surface area contributed by atoms with E-state index >= 15 is 0 Å². The topological polar surface area (TPSA) is 46.5 Å². The molecule has 0 fully saturated rings. The standard InChI is InChI=1S/C12H15ClO3/c1-3-9-7-10(4-5-11(9)13)16-8(2)6-12(14)15/h4-5,7-8H,3,6H2,1-2H3,(H,14,15). The van der Waals surface area contributed by atoms with Gasteiger partial charge in [0.15, 0.2) is 0 Å². The SMILES string of the molecule is CCc1cc(OC(C)CC(=O)O)ccc1Cl. The molecule has 1 rings (SSSR count). The largest absolute Gasteiger partial charge is 0.490 e. The Hall–Kier alpha value is -1.22. The van der Waals surface area contributed by atoms with Gasteiger partial charge in [0.05, 0.1) is 6.42 Å². The van der Waals surface area contributed by atoms with E-state index in [9.17, 15) is 4.79 Å². The van der Waals surface area contributed by atoms with Crippen LogP contribution in [0.5, 0.6) is 5.75 Å². The van der Waals surface area contributed by atoms with E-state index < -0.39 is 5.97 Å². The third kappa shape index (κ3) is 3.74. The molecule has 0 aliphatic heterocycles. The Morgan fingerprint density at radius 1 is 1.56 bits per heavy atom. The monoisotopic (exact) mass is 242 g/mol. The first-order valence-electron chi connectivity index (χ1n) is 5.19. The Labute approximate surface area is 100.0 Å². The first-order valence-corrected chi connectivity index (χ1v) is 5.57. The van der Waals surface area contributed by atoms with E-state index in [2.05, 4.69) is 0 Å². The van der Waals surface area contributed by atoms with Crippen molar-refractivity contribution in [2.45, 2.75) is 32.8 Å². The molecule has 0 amide bonds. The molecule has 1 N–H and O–H groups in total. The van der Waals surface area contributed by atoms with Crippen LogP contribution in [0.3, 0.4) is 0 Å². The highest BCUT2D eigenvalue weighted by Crippen LogP contribution is 2.23. The number of aryl methyl sites for hydroxylation is 1. The van der Waals surface area contributed by atoms with Gasteiger partial charge in [0.25, 0.3) is 0 Å². The van der Waals surface area contributed by atoms with Crippen LogP contribution in [0.15, 0.2) is 18.2 Å². The molecule has 1 aromatic rings. The number of carboxylic acids is 1. The molecule has 0 spiro atoms. The molecule has 0 aliphatic rings. The second-order valence-electron chi connectivity index (χ2n) is 3.63. The van der Waals surface area contributed by atoms with Crippen molar-refractivity contribution in [3.8, 4) is 5.75 Å². The van der Waals surface area contributed by atoms with Gasteiger partial charge in [-0.2, -0.15) is 0 Å². The summed E-state index contributed by atoms with van der Waals surface area (Å²) in [5, 5.41) is 9.31. The number of benzene rings is 1. The number of ether oxygens (including phenoxy) is 1. The van der Waals surface area contributed by atoms with Crippen LogP contribution in [0.2, 0.25) is 5.02 Å². The molecule has 4 heteroatoms. The minimum Gasteiger partial charge on any atom is -0.490 e. The molecular formula is C12H15ClO3. The van der Waals surface area contributed by atoms with Crippen molar-refractivity contribution in [1.29, 1.82) is 0 Å². The molecule has 0 aliphatic carbocycles. The van der Waals surface area contributed by atoms with Crippen molar-refractivity contribution in [2.24, 2.45) is 0 Å². The smallest absolute Gasteiger partial charge is 0.307 e. The lowest BCUT2D eigenvalue weighted by Gasteiger charge is -2.13. The van der Waals surface area contributed by atoms with Gasteiger partial charge < -0.3 is 9.84 Å². The van der Waals surface area contributed by atoms with E-state index in [0.717, 1.165) is 12.0 Å². The van der Waals surface area contributed by atoms with Crippen LogP contribution in [0.4, 0.5) is 0 Å². The molecule has 1 aromatic carbocycles. The molecule has 1 atom stereocenters. The Morgan fingerprint density at radius 3 is 2.81 bits per heavy atom. The van der Waals surface area contributed by atoms with E-state index in [0.29, 0.717) is 10.8 Å². The van der Waals surface area contributed by atoms with Crippen LogP contribution in [-0.4, -0.2) is 17.2 Å². The van der Waals surface area contributed by atoms with Crippen molar-refractivity contribution in [3.63, 3.8) is 0 Å². The summed E-state index contributed by atoms with van der Waals surface area (Å²) in [7, 11) is 0. The fourth-order valence-corrected chi connectivity index (χ4v) is 1.67. The zero-order chi connectivity index (χ0) is 12.1. The lowest BCUT2D eigenvalue weighted by molar-refractivity contribution is -0.138. The third-order valence-electron chi connectivity index (χ3n) is 2.20. The summed E-state index contributed by atoms with van der Waals surface area (Å²) in [6, 6.07) is 5.36. The van der Waals surface area contributed by atoms with E-state index in [-0.39, 0.29) is 12.5 Å². The van der Waals surface area contributed by atoms with Gasteiger partial charge in [0.1, 0.15) is 11.9 Å². The highest BCUT2D eigenvalue weighted by Gasteiger charge is 2.09. The quantitative estimate of drug-likeness (QED) is 0.863. The second kappa shape index (κ2) is 5.75. The van der Waals surface area contributed by atoms with Gasteiger partial charge >= 0.3 is 5.97 Å². The van der Waals surface area contributed by atoms with E-state index in [1.54, 1.807) is 19.1 Å². The molecule has 1 unspecified atom stereocenters. The first-order chi connectivity index (χ1) is 7.52. The number of rotatable bonds is 5. The summed E-state index contributed by atoms with van der Waals surface area (Å²) < 4.78 is 5.48. The number of aliphatic carboxylic acids is 1. The van der Waals surface area contributed by atoms with Gasteiger partial charge in [-0.15, -0.1) is 0 Å². The molecule has 0 radical (unpaired) electrons. The zero-order valence-corrected chi connectivity index (χ0v) is 10.1. The Morgan fingerprint density at radius 2 is 2.25 bits per heavy atom. The predicted molar refractivity (Wildman–Crippen MR) is 63.2 cm³/mol. The van der Waals surface area contributed by atoms with Crippen LogP contribution in [-0.2, 0) is 11.2 Å². The van der Waals surface area contributed by atoms with Gasteiger partial charge in [0.2, 0.25) is 0 Å². The molecule has 88 valence electrons. The van der Waals surface area contributed by atoms with Crippen LogP contribution in [0.25, 0.3) is 0 Å². The maximum atomic E-state index is 10.5. The number of halogens is 1. The Kier molecular flexibility index (Phi) is 4.62. The number of hydrogen-bond donors (Lipinski definition) is 1. The average molecular weight is 243 g/mol. The number of carbonyl (C=O) groups is 1. The minimum atomic E-state index is -0.864. The fourth-order valence-electron chi connectivity index (χ4n) is 1.42. The van der Waals surface area contributed by atoms with Crippen molar-refractivity contribution >= 4 is 17.6 Å². The molecule has 0 aromatic heterocycles. The third-order valence-corrected chi connectivity index (χ3v) is 2.57. The second-order valence-corrected chi connectivity index (χ2v) is 4.04. The summed E-state index contributed by atoms with van der Waals surface area (Å²) >= 11 is 5.97. The maximum Gasteiger partial charge on any atom is 0.307 e. The summed E-state index contributed by atoms with van der Waals surface area (Å²) in [6.45, 7) is 3.74. The summed E-state index contributed by atoms with van der Waals surface area (Å²) in [5.41, 5.74) is 1.00. The Bertz CT molecular complexity index is 377. The van der Waals surface area contributed by atoms with Gasteiger partial charge in [-0.05, 0) is 37.1 Å². The van der Waals surface area contributed by atoms with Crippen LogP contribution < -0.4 is 4.74 Å². The van der Waals surface area contributed by atoms with Crippen molar-refractivity contribution in [2.75, 3.05) is 0 Å². The van der Waals surface area contributed by atoms with Gasteiger partial charge in [-0.25, -0.2) is 0 Å². The molecule has 0 bridgehead atoms. The molecule has 16 heavy (non-hydrogen) atoms. The van der Waals surface area contributed by atoms with Gasteiger partial charge in [-0.3, -0.25) is 4.79 Å². The summed E-state index contributed by atoms with van der Waals surface area (Å²) in [5.74, 6) is -0.202. The fraction of sp³-hybridized carbons (Fsp3) is 0.417. The van der Waals surface area contributed by atoms with Crippen molar-refractivity contribution in [1.82, 2.24) is 0 Å². The lowest BCUT2D eigenvalue weighted by Crippen LogP contribution is -2.16. The molecule has 3 nitrogen and oxygen atoms in total. The normalized spacial score (nSPS) is 12.2. The first kappa shape index (κ1) is 12.8. The molecule has 0 heterocycles. The number of hydrogen-bond acceptors (Lipinski definition) is 2. The predicted octanol–water partition coefficient (Wildman–Crippen LogP) is 3.14. The summed E-state index contributed by atoms with van der Waals surface area (Å²) in [6.07, 6.45) is 0.469. The Balaban J connectivity index is 2.70. The van der Waals surface area contributed by atoms with E-state index in [1.165, 1.54) is 0 Å². The summed E-state index contributed by atoms with van der Waals surface area (Å²) in [4.78, 5) is 10.5. The van der Waals surface area contributed by atoms with Crippen molar-refractivity contribution < 1.29 is 14.6 Å². The van der Waals surface area contributed by atoms with Crippen LogP contribution in [0.1, 0.15) is 25.8 Å². The van der Waals surface area contributed by atoms with Gasteiger partial charge in [0, 0.05) is 5.02 Å². The van der Waals surface area contributed by atoms with Crippen LogP contribution in [0, 0.1) is 0 Å². The molecular weight excluding hydrogens is 228 g/mol. The van der Waals surface area contributed by atoms with E-state index in [1.807, 2.05) is 13.0 Å². The average Bonchev–Trinajstić information content (AvgIpc) is 2.19. The lowest BCUT2D eigenvalue weighted by atomic mass is 10.1. The number of carboxylic acid groups (broad SMARTS) is 1. The maximum absolute atomic E-state index is 10.5. The molecule has 0 saturated carbocycles. The van der Waals surface area contributed by atoms with E-state index in [4.69, 9.17) is 21.4 Å². The minimum absolute atomic E-state index is 0.00984.